The lowest BCUT2D eigenvalue weighted by Crippen LogP contribution is -2.54. The number of carbonyl (C=O) groups excluding carboxylic acids is 2. The van der Waals surface area contributed by atoms with Crippen molar-refractivity contribution in [1.29, 1.82) is 0 Å². The number of nitrogens with zero attached hydrogens (tertiary/aromatic N) is 1. The van der Waals surface area contributed by atoms with Gasteiger partial charge in [-0.1, -0.05) is 24.3 Å². The maximum Gasteiger partial charge on any atom is 0.239 e. The number of hydrogen-bond acceptors (Lipinski definition) is 3. The lowest BCUT2D eigenvalue weighted by atomic mass is 9.49. The Morgan fingerprint density at radius 3 is 2.11 bits per heavy atom. The summed E-state index contributed by atoms with van der Waals surface area (Å²) in [6, 6.07) is 8.16. The smallest absolute Gasteiger partial charge is 0.239 e. The minimum Gasteiger partial charge on any atom is -0.350 e. The molecular formula is C23H33N3O2. The molecule has 2 N–H and O–H groups in total. The van der Waals surface area contributed by atoms with Gasteiger partial charge in [0, 0.05) is 18.5 Å². The summed E-state index contributed by atoms with van der Waals surface area (Å²) in [5, 5.41) is 5.93. The van der Waals surface area contributed by atoms with E-state index in [1.807, 2.05) is 32.3 Å². The first-order valence-electron chi connectivity index (χ1n) is 10.7. The van der Waals surface area contributed by atoms with Crippen LogP contribution < -0.4 is 10.6 Å². The van der Waals surface area contributed by atoms with Crippen LogP contribution in [0.3, 0.4) is 0 Å². The molecule has 0 saturated heterocycles. The molecule has 0 spiro atoms. The summed E-state index contributed by atoms with van der Waals surface area (Å²) < 4.78 is 0. The van der Waals surface area contributed by atoms with Gasteiger partial charge in [0.1, 0.15) is 0 Å². The van der Waals surface area contributed by atoms with Crippen molar-refractivity contribution in [2.24, 2.45) is 23.2 Å². The van der Waals surface area contributed by atoms with Gasteiger partial charge in [-0.2, -0.15) is 0 Å². The van der Waals surface area contributed by atoms with Gasteiger partial charge in [0.25, 0.3) is 0 Å². The van der Waals surface area contributed by atoms with Crippen LogP contribution in [-0.4, -0.2) is 37.4 Å². The average Bonchev–Trinajstić information content (AvgIpc) is 2.64. The van der Waals surface area contributed by atoms with Crippen molar-refractivity contribution in [3.8, 4) is 0 Å². The Labute approximate surface area is 168 Å². The van der Waals surface area contributed by atoms with E-state index in [4.69, 9.17) is 0 Å². The number of benzene rings is 1. The molecule has 0 radical (unpaired) electrons. The predicted molar refractivity (Wildman–Crippen MR) is 109 cm³/mol. The summed E-state index contributed by atoms with van der Waals surface area (Å²) in [4.78, 5) is 27.4. The Hall–Kier alpha value is -1.88. The Balaban J connectivity index is 1.28. The van der Waals surface area contributed by atoms with Gasteiger partial charge in [-0.05, 0) is 81.5 Å². The highest BCUT2D eigenvalue weighted by Gasteiger charge is 2.54. The van der Waals surface area contributed by atoms with Gasteiger partial charge < -0.3 is 15.5 Å². The van der Waals surface area contributed by atoms with Crippen molar-refractivity contribution in [2.45, 2.75) is 51.6 Å². The summed E-state index contributed by atoms with van der Waals surface area (Å²) in [6.45, 7) is 1.42. The van der Waals surface area contributed by atoms with Crippen molar-refractivity contribution < 1.29 is 9.59 Å². The highest BCUT2D eigenvalue weighted by Crippen LogP contribution is 2.60. The topological polar surface area (TPSA) is 61.4 Å². The van der Waals surface area contributed by atoms with Crippen LogP contribution in [0.2, 0.25) is 0 Å². The van der Waals surface area contributed by atoms with E-state index in [2.05, 4.69) is 21.6 Å². The summed E-state index contributed by atoms with van der Waals surface area (Å²) in [7, 11) is 4.07. The lowest BCUT2D eigenvalue weighted by Gasteiger charge is -2.55. The Kier molecular flexibility index (Phi) is 5.46. The molecule has 152 valence electrons. The standard InChI is InChI=1S/C23H33N3O2/c1-26(2)15-20-6-4-3-5-19(20)13-24-21(27)14-25-22(28)23-10-16-7-17(11-23)9-18(8-16)12-23/h3-6,16-18H,7-15H2,1-2H3,(H,24,27)(H,25,28). The third-order valence-corrected chi connectivity index (χ3v) is 7.01. The largest absolute Gasteiger partial charge is 0.350 e. The van der Waals surface area contributed by atoms with Gasteiger partial charge in [0.05, 0.1) is 6.54 Å². The van der Waals surface area contributed by atoms with Crippen LogP contribution in [0.4, 0.5) is 0 Å². The van der Waals surface area contributed by atoms with Gasteiger partial charge in [-0.15, -0.1) is 0 Å². The minimum atomic E-state index is -0.187. The van der Waals surface area contributed by atoms with Gasteiger partial charge in [0.2, 0.25) is 11.8 Å². The van der Waals surface area contributed by atoms with Gasteiger partial charge in [0.15, 0.2) is 0 Å². The minimum absolute atomic E-state index is 0.0798. The van der Waals surface area contributed by atoms with Crippen molar-refractivity contribution >= 4 is 11.8 Å². The molecule has 5 heteroatoms. The zero-order chi connectivity index (χ0) is 19.7. The zero-order valence-corrected chi connectivity index (χ0v) is 17.2. The number of amides is 2. The molecule has 4 aliphatic carbocycles. The van der Waals surface area contributed by atoms with E-state index >= 15 is 0 Å². The van der Waals surface area contributed by atoms with Crippen molar-refractivity contribution in [3.63, 3.8) is 0 Å². The van der Waals surface area contributed by atoms with Crippen LogP contribution in [0.5, 0.6) is 0 Å². The fraction of sp³-hybridized carbons (Fsp3) is 0.652. The molecular weight excluding hydrogens is 350 g/mol. The summed E-state index contributed by atoms with van der Waals surface area (Å²) in [5.74, 6) is 2.21. The molecule has 0 aliphatic heterocycles. The number of hydrogen-bond donors (Lipinski definition) is 2. The van der Waals surface area contributed by atoms with Gasteiger partial charge in [-0.3, -0.25) is 9.59 Å². The Bertz CT molecular complexity index is 708. The fourth-order valence-electron chi connectivity index (χ4n) is 6.22. The van der Waals surface area contributed by atoms with Crippen molar-refractivity contribution in [3.05, 3.63) is 35.4 Å². The normalized spacial score (nSPS) is 30.5. The second-order valence-electron chi connectivity index (χ2n) is 9.66. The summed E-state index contributed by atoms with van der Waals surface area (Å²) in [6.07, 6.45) is 7.05. The van der Waals surface area contributed by atoms with Crippen LogP contribution in [0.15, 0.2) is 24.3 Å². The summed E-state index contributed by atoms with van der Waals surface area (Å²) in [5.41, 5.74) is 2.15. The molecule has 28 heavy (non-hydrogen) atoms. The van der Waals surface area contributed by atoms with E-state index in [-0.39, 0.29) is 23.8 Å². The fourth-order valence-corrected chi connectivity index (χ4v) is 6.22. The number of nitrogens with one attached hydrogen (secondary N) is 2. The van der Waals surface area contributed by atoms with Crippen molar-refractivity contribution in [1.82, 2.24) is 15.5 Å². The number of carbonyl (C=O) groups is 2. The third kappa shape index (κ3) is 4.09. The van der Waals surface area contributed by atoms with E-state index < -0.39 is 0 Å². The molecule has 0 atom stereocenters. The zero-order valence-electron chi connectivity index (χ0n) is 17.2. The maximum atomic E-state index is 13.0. The molecule has 0 heterocycles. The third-order valence-electron chi connectivity index (χ3n) is 7.01. The first-order chi connectivity index (χ1) is 13.4. The maximum absolute atomic E-state index is 13.0. The van der Waals surface area contributed by atoms with Crippen molar-refractivity contribution in [2.75, 3.05) is 20.6 Å². The van der Waals surface area contributed by atoms with E-state index in [1.54, 1.807) is 0 Å². The SMILES string of the molecule is CN(C)Cc1ccccc1CNC(=O)CNC(=O)C12CC3CC(CC(C3)C1)C2. The molecule has 4 fully saturated rings. The van der Waals surface area contributed by atoms with Gasteiger partial charge in [-0.25, -0.2) is 0 Å². The quantitative estimate of drug-likeness (QED) is 0.761. The average molecular weight is 384 g/mol. The second kappa shape index (κ2) is 7.86. The first kappa shape index (κ1) is 19.4. The summed E-state index contributed by atoms with van der Waals surface area (Å²) >= 11 is 0. The Morgan fingerprint density at radius 2 is 1.54 bits per heavy atom. The van der Waals surface area contributed by atoms with E-state index in [0.717, 1.165) is 49.1 Å². The van der Waals surface area contributed by atoms with Crippen LogP contribution in [0.1, 0.15) is 49.7 Å². The monoisotopic (exact) mass is 383 g/mol. The molecule has 4 aliphatic rings. The molecule has 5 nitrogen and oxygen atoms in total. The molecule has 1 aromatic rings. The van der Waals surface area contributed by atoms with E-state index in [1.165, 1.54) is 24.8 Å². The second-order valence-corrected chi connectivity index (χ2v) is 9.66. The molecule has 0 aromatic heterocycles. The van der Waals surface area contributed by atoms with E-state index in [9.17, 15) is 9.59 Å². The highest BCUT2D eigenvalue weighted by molar-refractivity contribution is 5.88. The van der Waals surface area contributed by atoms with Gasteiger partial charge >= 0.3 is 0 Å². The van der Waals surface area contributed by atoms with Crippen LogP contribution in [0, 0.1) is 23.2 Å². The number of rotatable bonds is 7. The van der Waals surface area contributed by atoms with Crippen LogP contribution in [0.25, 0.3) is 0 Å². The molecule has 5 rings (SSSR count). The molecule has 4 bridgehead atoms. The Morgan fingerprint density at radius 1 is 0.964 bits per heavy atom. The first-order valence-corrected chi connectivity index (χ1v) is 10.7. The van der Waals surface area contributed by atoms with Crippen LogP contribution >= 0.6 is 0 Å². The van der Waals surface area contributed by atoms with Crippen LogP contribution in [-0.2, 0) is 22.7 Å². The molecule has 0 unspecified atom stereocenters. The lowest BCUT2D eigenvalue weighted by molar-refractivity contribution is -0.147. The highest BCUT2D eigenvalue weighted by atomic mass is 16.2. The molecule has 4 saturated carbocycles. The molecule has 2 amide bonds. The predicted octanol–water partition coefficient (Wildman–Crippen LogP) is 2.70. The molecule has 1 aromatic carbocycles. The van der Waals surface area contributed by atoms with E-state index in [0.29, 0.717) is 6.54 Å².